The third-order valence-corrected chi connectivity index (χ3v) is 5.54. The number of piperidine rings is 1. The summed E-state index contributed by atoms with van der Waals surface area (Å²) in [6, 6.07) is 3.17. The molecule has 1 aliphatic carbocycles. The van der Waals surface area contributed by atoms with Gasteiger partial charge in [-0.15, -0.1) is 0 Å². The third-order valence-electron chi connectivity index (χ3n) is 5.54. The van der Waals surface area contributed by atoms with E-state index in [-0.39, 0.29) is 22.8 Å². The quantitative estimate of drug-likeness (QED) is 0.554. The summed E-state index contributed by atoms with van der Waals surface area (Å²) >= 11 is 0. The van der Waals surface area contributed by atoms with Gasteiger partial charge >= 0.3 is 0 Å². The van der Waals surface area contributed by atoms with E-state index in [1.165, 1.54) is 19.3 Å². The molecule has 2 nitrogen and oxygen atoms in total. The minimum Gasteiger partial charge on any atom is -0.273 e. The molecule has 2 heteroatoms. The van der Waals surface area contributed by atoms with Crippen LogP contribution in [0.1, 0.15) is 72.6 Å². The Labute approximate surface area is 117 Å². The summed E-state index contributed by atoms with van der Waals surface area (Å²) in [7, 11) is 0. The van der Waals surface area contributed by atoms with E-state index in [1.807, 2.05) is 4.90 Å². The van der Waals surface area contributed by atoms with Gasteiger partial charge in [-0.1, -0.05) is 46.0 Å². The topological polar surface area (TPSA) is 20.3 Å². The minimum absolute atomic E-state index is 0.0504. The minimum atomic E-state index is -0.0504. The first kappa shape index (κ1) is 14.4. The van der Waals surface area contributed by atoms with Crippen molar-refractivity contribution in [2.45, 2.75) is 78.2 Å². The number of rotatable bonds is 4. The summed E-state index contributed by atoms with van der Waals surface area (Å²) in [6.07, 6.45) is 8.02. The molecule has 1 saturated heterocycles. The maximum Gasteiger partial charge on any atom is 0.238 e. The monoisotopic (exact) mass is 261 g/mol. The second-order valence-corrected chi connectivity index (χ2v) is 6.86. The van der Waals surface area contributed by atoms with Crippen molar-refractivity contribution in [3.63, 3.8) is 0 Å². The normalized spacial score (nSPS) is 31.5. The Balaban J connectivity index is 1.99. The van der Waals surface area contributed by atoms with Crippen LogP contribution < -0.4 is 0 Å². The lowest BCUT2D eigenvalue weighted by atomic mass is 9.75. The summed E-state index contributed by atoms with van der Waals surface area (Å²) in [5, 5.41) is 0. The van der Waals surface area contributed by atoms with Crippen molar-refractivity contribution in [3.8, 4) is 12.0 Å². The Bertz CT molecular complexity index is 415. The average molecular weight is 261 g/mol. The van der Waals surface area contributed by atoms with Crippen molar-refractivity contribution in [1.29, 1.82) is 0 Å². The van der Waals surface area contributed by atoms with E-state index in [1.54, 1.807) is 0 Å². The number of carbonyl (C=O) groups excluding carboxylic acids is 1. The molecule has 1 saturated carbocycles. The summed E-state index contributed by atoms with van der Waals surface area (Å²) in [6.45, 7) is 8.88. The van der Waals surface area contributed by atoms with Crippen molar-refractivity contribution in [3.05, 3.63) is 0 Å². The molecule has 2 bridgehead atoms. The number of likely N-dealkylation sites (tertiary alicyclic amines) is 1. The zero-order chi connectivity index (χ0) is 14.1. The highest BCUT2D eigenvalue weighted by molar-refractivity contribution is 5.86. The molecule has 0 spiro atoms. The number of carbonyl (C=O) groups is 1. The van der Waals surface area contributed by atoms with Gasteiger partial charge in [-0.2, -0.15) is 0 Å². The molecule has 106 valence electrons. The Morgan fingerprint density at radius 1 is 1.26 bits per heavy atom. The van der Waals surface area contributed by atoms with Crippen LogP contribution in [0.25, 0.3) is 0 Å². The van der Waals surface area contributed by atoms with Crippen LogP contribution in [0.15, 0.2) is 0 Å². The zero-order valence-electron chi connectivity index (χ0n) is 12.9. The van der Waals surface area contributed by atoms with Gasteiger partial charge in [0, 0.05) is 23.8 Å². The van der Waals surface area contributed by atoms with Crippen LogP contribution in [0.3, 0.4) is 0 Å². The molecule has 19 heavy (non-hydrogen) atoms. The lowest BCUT2D eigenvalue weighted by Crippen LogP contribution is -2.46. The standard InChI is InChI=1S/C17H27NO/c1-5-6-7-8-9-10-13-18-15(19)14-11-12-17(18,4)16(14,2)3/h14H,5-9,11-12H2,1-4H3/t14-,17-/m1/s1. The predicted octanol–water partition coefficient (Wildman–Crippen LogP) is 3.95. The molecule has 2 aliphatic rings. The maximum absolute atomic E-state index is 12.4. The van der Waals surface area contributed by atoms with E-state index in [2.05, 4.69) is 39.7 Å². The maximum atomic E-state index is 12.4. The highest BCUT2D eigenvalue weighted by atomic mass is 16.2. The molecule has 1 amide bonds. The Morgan fingerprint density at radius 2 is 2.00 bits per heavy atom. The van der Waals surface area contributed by atoms with Crippen LogP contribution in [0, 0.1) is 23.3 Å². The molecule has 1 heterocycles. The van der Waals surface area contributed by atoms with Crippen molar-refractivity contribution < 1.29 is 4.79 Å². The summed E-state index contributed by atoms with van der Waals surface area (Å²) in [5.74, 6) is 3.67. The fourth-order valence-electron chi connectivity index (χ4n) is 3.67. The average Bonchev–Trinajstić information content (AvgIpc) is 2.66. The van der Waals surface area contributed by atoms with E-state index >= 15 is 0 Å². The number of nitrogens with zero attached hydrogens (tertiary/aromatic N) is 1. The largest absolute Gasteiger partial charge is 0.273 e. The SMILES string of the molecule is CCCCCCC#CN1C(=O)[C@H]2CC[C@]1(C)C2(C)C. The summed E-state index contributed by atoms with van der Waals surface area (Å²) in [5.41, 5.74) is 0.0200. The van der Waals surface area contributed by atoms with Crippen LogP contribution >= 0.6 is 0 Å². The number of amides is 1. The zero-order valence-corrected chi connectivity index (χ0v) is 12.9. The van der Waals surface area contributed by atoms with Crippen molar-refractivity contribution in [1.82, 2.24) is 4.90 Å². The molecule has 2 rings (SSSR count). The van der Waals surface area contributed by atoms with Gasteiger partial charge in [-0.05, 0) is 26.2 Å². The van der Waals surface area contributed by atoms with Crippen LogP contribution in [0.5, 0.6) is 0 Å². The molecule has 0 N–H and O–H groups in total. The molecular weight excluding hydrogens is 234 g/mol. The summed E-state index contributed by atoms with van der Waals surface area (Å²) in [4.78, 5) is 14.2. The van der Waals surface area contributed by atoms with Crippen molar-refractivity contribution in [2.24, 2.45) is 11.3 Å². The molecular formula is C17H27NO. The lowest BCUT2D eigenvalue weighted by Gasteiger charge is -2.37. The third kappa shape index (κ3) is 2.18. The van der Waals surface area contributed by atoms with Gasteiger partial charge in [0.2, 0.25) is 5.91 Å². The molecule has 0 aromatic carbocycles. The van der Waals surface area contributed by atoms with Crippen LogP contribution in [0.2, 0.25) is 0 Å². The van der Waals surface area contributed by atoms with Gasteiger partial charge in [-0.25, -0.2) is 0 Å². The molecule has 2 atom stereocenters. The first-order valence-electron chi connectivity index (χ1n) is 7.77. The highest BCUT2D eigenvalue weighted by Gasteiger charge is 2.65. The van der Waals surface area contributed by atoms with Gasteiger partial charge in [0.1, 0.15) is 0 Å². The first-order chi connectivity index (χ1) is 8.95. The fourth-order valence-corrected chi connectivity index (χ4v) is 3.67. The molecule has 1 aliphatic heterocycles. The van der Waals surface area contributed by atoms with Gasteiger partial charge in [-0.3, -0.25) is 9.69 Å². The second kappa shape index (κ2) is 5.19. The van der Waals surface area contributed by atoms with E-state index in [4.69, 9.17) is 0 Å². The fraction of sp³-hybridized carbons (Fsp3) is 0.824. The molecule has 0 unspecified atom stereocenters. The van der Waals surface area contributed by atoms with E-state index in [0.717, 1.165) is 25.7 Å². The number of hydrogen-bond donors (Lipinski definition) is 0. The smallest absolute Gasteiger partial charge is 0.238 e. The van der Waals surface area contributed by atoms with E-state index in [0.29, 0.717) is 0 Å². The van der Waals surface area contributed by atoms with E-state index in [9.17, 15) is 4.79 Å². The van der Waals surface area contributed by atoms with E-state index < -0.39 is 0 Å². The number of hydrogen-bond acceptors (Lipinski definition) is 1. The van der Waals surface area contributed by atoms with Crippen molar-refractivity contribution >= 4 is 5.91 Å². The number of fused-ring (bicyclic) bond motifs is 2. The molecule has 0 aromatic rings. The van der Waals surface area contributed by atoms with Crippen LogP contribution in [-0.4, -0.2) is 16.3 Å². The van der Waals surface area contributed by atoms with Gasteiger partial charge < -0.3 is 0 Å². The molecule has 2 fully saturated rings. The molecule has 0 aromatic heterocycles. The Morgan fingerprint density at radius 3 is 2.58 bits per heavy atom. The lowest BCUT2D eigenvalue weighted by molar-refractivity contribution is -0.132. The van der Waals surface area contributed by atoms with Gasteiger partial charge in [0.15, 0.2) is 0 Å². The summed E-state index contributed by atoms with van der Waals surface area (Å²) < 4.78 is 0. The van der Waals surface area contributed by atoms with Crippen LogP contribution in [0.4, 0.5) is 0 Å². The second-order valence-electron chi connectivity index (χ2n) is 6.86. The number of unbranched alkanes of at least 4 members (excludes halogenated alkanes) is 4. The molecule has 0 radical (unpaired) electrons. The van der Waals surface area contributed by atoms with Gasteiger partial charge in [0.25, 0.3) is 0 Å². The Hall–Kier alpha value is -0.970. The van der Waals surface area contributed by atoms with Crippen LogP contribution in [-0.2, 0) is 4.79 Å². The predicted molar refractivity (Wildman–Crippen MR) is 78.3 cm³/mol. The highest BCUT2D eigenvalue weighted by Crippen LogP contribution is 2.59. The van der Waals surface area contributed by atoms with Crippen molar-refractivity contribution in [2.75, 3.05) is 0 Å². The Kier molecular flexibility index (Phi) is 3.95. The first-order valence-corrected chi connectivity index (χ1v) is 7.77. The van der Waals surface area contributed by atoms with Gasteiger partial charge in [0.05, 0.1) is 5.54 Å².